The molecule has 0 aliphatic carbocycles. The zero-order valence-corrected chi connectivity index (χ0v) is 18.0. The first-order valence-corrected chi connectivity index (χ1v) is 10.1. The van der Waals surface area contributed by atoms with Gasteiger partial charge in [-0.1, -0.05) is 57.2 Å². The number of amides is 3. The van der Waals surface area contributed by atoms with Crippen molar-refractivity contribution in [1.29, 1.82) is 0 Å². The van der Waals surface area contributed by atoms with Crippen LogP contribution in [0, 0.1) is 6.92 Å². The van der Waals surface area contributed by atoms with Crippen LogP contribution in [0.15, 0.2) is 48.5 Å². The van der Waals surface area contributed by atoms with E-state index in [1.807, 2.05) is 55.5 Å². The van der Waals surface area contributed by atoms with Crippen LogP contribution in [-0.4, -0.2) is 26.8 Å². The number of nitrogens with one attached hydrogen (secondary N) is 1. The predicted molar refractivity (Wildman–Crippen MR) is 116 cm³/mol. The van der Waals surface area contributed by atoms with E-state index in [9.17, 15) is 9.59 Å². The van der Waals surface area contributed by atoms with Crippen LogP contribution in [-0.2, 0) is 22.3 Å². The van der Waals surface area contributed by atoms with E-state index in [1.54, 1.807) is 6.92 Å². The molecule has 0 saturated carbocycles. The minimum atomic E-state index is -1.11. The molecule has 1 aliphatic heterocycles. The summed E-state index contributed by atoms with van der Waals surface area (Å²) in [5, 5.41) is 2.87. The topological polar surface area (TPSA) is 75.2 Å². The van der Waals surface area contributed by atoms with E-state index in [0.717, 1.165) is 16.6 Å². The zero-order valence-electron chi connectivity index (χ0n) is 18.0. The number of urea groups is 1. The van der Waals surface area contributed by atoms with Crippen molar-refractivity contribution in [2.75, 3.05) is 0 Å². The Morgan fingerprint density at radius 3 is 2.17 bits per heavy atom. The first kappa shape index (κ1) is 20.0. The highest BCUT2D eigenvalue weighted by atomic mass is 16.2. The summed E-state index contributed by atoms with van der Waals surface area (Å²) in [6, 6.07) is 15.0. The highest BCUT2D eigenvalue weighted by molar-refractivity contribution is 6.07. The van der Waals surface area contributed by atoms with Crippen LogP contribution < -0.4 is 5.32 Å². The van der Waals surface area contributed by atoms with E-state index in [0.29, 0.717) is 11.4 Å². The van der Waals surface area contributed by atoms with Crippen LogP contribution in [0.3, 0.4) is 0 Å². The molecule has 1 aliphatic rings. The van der Waals surface area contributed by atoms with Gasteiger partial charge in [0, 0.05) is 0 Å². The number of fused-ring (bicyclic) bond motifs is 1. The van der Waals surface area contributed by atoms with Gasteiger partial charge in [0.15, 0.2) is 0 Å². The first-order valence-electron chi connectivity index (χ1n) is 10.1. The molecule has 154 valence electrons. The van der Waals surface area contributed by atoms with Gasteiger partial charge in [0.2, 0.25) is 0 Å². The maximum Gasteiger partial charge on any atom is 0.325 e. The fraction of sp³-hybridized carbons (Fsp3) is 0.333. The summed E-state index contributed by atoms with van der Waals surface area (Å²) in [6.45, 7) is 10.1. The second-order valence-electron chi connectivity index (χ2n) is 9.02. The molecule has 0 bridgehead atoms. The molecule has 2 heterocycles. The Morgan fingerprint density at radius 2 is 1.57 bits per heavy atom. The second kappa shape index (κ2) is 6.90. The van der Waals surface area contributed by atoms with E-state index >= 15 is 0 Å². The summed E-state index contributed by atoms with van der Waals surface area (Å²) in [5.41, 5.74) is 3.70. The van der Waals surface area contributed by atoms with Crippen LogP contribution in [0.25, 0.3) is 11.0 Å². The second-order valence-corrected chi connectivity index (χ2v) is 9.02. The lowest BCUT2D eigenvalue weighted by atomic mass is 9.84. The molecule has 1 atom stereocenters. The van der Waals surface area contributed by atoms with Gasteiger partial charge in [0.1, 0.15) is 5.54 Å². The van der Waals surface area contributed by atoms with Crippen LogP contribution in [0.2, 0.25) is 0 Å². The van der Waals surface area contributed by atoms with Crippen molar-refractivity contribution >= 4 is 23.0 Å². The summed E-state index contributed by atoms with van der Waals surface area (Å²) >= 11 is 0. The Labute approximate surface area is 176 Å². The first-order chi connectivity index (χ1) is 14.1. The molecule has 0 radical (unpaired) electrons. The standard InChI is InChI=1S/C24H26N4O2/c1-15-20(26-19-9-7-6-8-18(19)25-15)14-28-21(29)24(5,27-22(28)30)17-12-10-16(11-13-17)23(2,3)4/h6-13H,14H2,1-5H3,(H,27,30). The molecular formula is C24H26N4O2. The third kappa shape index (κ3) is 3.32. The number of nitrogens with zero attached hydrogens (tertiary/aromatic N) is 3. The van der Waals surface area contributed by atoms with E-state index in [1.165, 1.54) is 10.5 Å². The van der Waals surface area contributed by atoms with Gasteiger partial charge in [-0.25, -0.2) is 14.8 Å². The number of carbonyl (C=O) groups is 2. The van der Waals surface area contributed by atoms with Crippen LogP contribution in [0.5, 0.6) is 0 Å². The molecule has 1 saturated heterocycles. The van der Waals surface area contributed by atoms with Gasteiger partial charge in [0.05, 0.1) is 29.0 Å². The minimum absolute atomic E-state index is 0.0146. The van der Waals surface area contributed by atoms with E-state index in [2.05, 4.69) is 36.1 Å². The number of rotatable bonds is 3. The predicted octanol–water partition coefficient (Wildman–Crippen LogP) is 4.20. The fourth-order valence-electron chi connectivity index (χ4n) is 3.76. The van der Waals surface area contributed by atoms with E-state index in [-0.39, 0.29) is 17.9 Å². The number of hydrogen-bond donors (Lipinski definition) is 1. The Morgan fingerprint density at radius 1 is 0.967 bits per heavy atom. The number of hydrogen-bond acceptors (Lipinski definition) is 4. The highest BCUT2D eigenvalue weighted by Crippen LogP contribution is 2.32. The van der Waals surface area contributed by atoms with Crippen LogP contribution >= 0.6 is 0 Å². The van der Waals surface area contributed by atoms with Gasteiger partial charge in [-0.05, 0) is 42.5 Å². The summed E-state index contributed by atoms with van der Waals surface area (Å²) in [5.74, 6) is -0.287. The molecule has 1 aromatic heterocycles. The molecule has 1 fully saturated rings. The average molecular weight is 402 g/mol. The van der Waals surface area contributed by atoms with Gasteiger partial charge in [0.25, 0.3) is 5.91 Å². The number of carbonyl (C=O) groups excluding carboxylic acids is 2. The molecule has 2 aromatic carbocycles. The molecule has 6 nitrogen and oxygen atoms in total. The van der Waals surface area contributed by atoms with Gasteiger partial charge in [-0.15, -0.1) is 0 Å². The van der Waals surface area contributed by atoms with Crippen molar-refractivity contribution in [3.05, 3.63) is 71.0 Å². The number of benzene rings is 2. The molecule has 6 heteroatoms. The number of aryl methyl sites for hydroxylation is 1. The fourth-order valence-corrected chi connectivity index (χ4v) is 3.76. The summed E-state index contributed by atoms with van der Waals surface area (Å²) in [6.07, 6.45) is 0. The largest absolute Gasteiger partial charge is 0.325 e. The van der Waals surface area contributed by atoms with Gasteiger partial charge >= 0.3 is 6.03 Å². The van der Waals surface area contributed by atoms with Crippen LogP contribution in [0.1, 0.15) is 50.2 Å². The zero-order chi connectivity index (χ0) is 21.7. The van der Waals surface area contributed by atoms with E-state index in [4.69, 9.17) is 0 Å². The van der Waals surface area contributed by atoms with E-state index < -0.39 is 11.6 Å². The molecule has 1 N–H and O–H groups in total. The summed E-state index contributed by atoms with van der Waals surface area (Å²) in [7, 11) is 0. The number of aromatic nitrogens is 2. The number of imide groups is 1. The van der Waals surface area contributed by atoms with Crippen molar-refractivity contribution in [2.24, 2.45) is 0 Å². The monoisotopic (exact) mass is 402 g/mol. The van der Waals surface area contributed by atoms with Gasteiger partial charge in [-0.3, -0.25) is 9.69 Å². The third-order valence-corrected chi connectivity index (χ3v) is 5.75. The third-order valence-electron chi connectivity index (χ3n) is 5.75. The van der Waals surface area contributed by atoms with Crippen molar-refractivity contribution < 1.29 is 9.59 Å². The number of para-hydroxylation sites is 2. The Balaban J connectivity index is 1.63. The minimum Gasteiger partial charge on any atom is -0.319 e. The molecule has 0 spiro atoms. The Bertz CT molecular complexity index is 1150. The van der Waals surface area contributed by atoms with Crippen molar-refractivity contribution in [2.45, 2.75) is 52.1 Å². The summed E-state index contributed by atoms with van der Waals surface area (Å²) in [4.78, 5) is 36.4. The Kier molecular flexibility index (Phi) is 4.60. The lowest BCUT2D eigenvalue weighted by Crippen LogP contribution is -2.41. The molecule has 30 heavy (non-hydrogen) atoms. The van der Waals surface area contributed by atoms with Crippen molar-refractivity contribution in [3.8, 4) is 0 Å². The van der Waals surface area contributed by atoms with Gasteiger partial charge in [-0.2, -0.15) is 0 Å². The maximum absolute atomic E-state index is 13.3. The van der Waals surface area contributed by atoms with Crippen molar-refractivity contribution in [1.82, 2.24) is 20.2 Å². The Hall–Kier alpha value is -3.28. The lowest BCUT2D eigenvalue weighted by Gasteiger charge is -2.24. The normalized spacial score (nSPS) is 19.4. The summed E-state index contributed by atoms with van der Waals surface area (Å²) < 4.78 is 0. The molecular weight excluding hydrogens is 376 g/mol. The quantitative estimate of drug-likeness (QED) is 0.666. The van der Waals surface area contributed by atoms with Crippen molar-refractivity contribution in [3.63, 3.8) is 0 Å². The van der Waals surface area contributed by atoms with Gasteiger partial charge < -0.3 is 5.32 Å². The SMILES string of the molecule is Cc1nc2ccccc2nc1CN1C(=O)NC(C)(c2ccc(C(C)(C)C)cc2)C1=O. The lowest BCUT2D eigenvalue weighted by molar-refractivity contribution is -0.131. The molecule has 4 rings (SSSR count). The average Bonchev–Trinajstić information content (AvgIpc) is 2.92. The highest BCUT2D eigenvalue weighted by Gasteiger charge is 2.49. The maximum atomic E-state index is 13.3. The van der Waals surface area contributed by atoms with Crippen LogP contribution in [0.4, 0.5) is 4.79 Å². The molecule has 3 amide bonds. The smallest absolute Gasteiger partial charge is 0.319 e. The molecule has 3 aromatic rings. The molecule has 1 unspecified atom stereocenters.